The number of nitrogens with zero attached hydrogens (tertiary/aromatic N) is 1. The number of ketones is 1. The molecule has 1 aromatic carbocycles. The zero-order valence-corrected chi connectivity index (χ0v) is 10.5. The zero-order valence-electron chi connectivity index (χ0n) is 10.5. The predicted octanol–water partition coefficient (Wildman–Crippen LogP) is 1.90. The van der Waals surface area contributed by atoms with Crippen molar-refractivity contribution in [3.05, 3.63) is 28.8 Å². The van der Waals surface area contributed by atoms with Crippen molar-refractivity contribution in [3.8, 4) is 0 Å². The molecule has 0 aromatic heterocycles. The molecule has 0 spiro atoms. The molecule has 0 heterocycles. The van der Waals surface area contributed by atoms with Crippen molar-refractivity contribution in [1.29, 1.82) is 0 Å². The number of benzene rings is 1. The minimum Gasteiger partial charge on any atom is -0.377 e. The van der Waals surface area contributed by atoms with Crippen LogP contribution in [0, 0.1) is 13.8 Å². The van der Waals surface area contributed by atoms with Gasteiger partial charge >= 0.3 is 0 Å². The van der Waals surface area contributed by atoms with Crippen LogP contribution in [0.3, 0.4) is 0 Å². The van der Waals surface area contributed by atoms with Crippen LogP contribution in [0.2, 0.25) is 0 Å². The topological polar surface area (TPSA) is 46.3 Å². The van der Waals surface area contributed by atoms with Crippen LogP contribution in [0.1, 0.15) is 27.9 Å². The first-order chi connectivity index (χ1) is 7.47. The Morgan fingerprint density at radius 1 is 1.31 bits per heavy atom. The van der Waals surface area contributed by atoms with Gasteiger partial charge in [0.1, 0.15) is 0 Å². The standard InChI is InChI=1S/C13H20N2O/c1-9-7-11(13(16)5-6-14)8-12(10(9)2)15(3)4/h7-8H,5-6,14H2,1-4H3. The number of rotatable bonds is 4. The molecule has 0 saturated heterocycles. The largest absolute Gasteiger partial charge is 0.377 e. The summed E-state index contributed by atoms with van der Waals surface area (Å²) in [6.45, 7) is 4.51. The molecule has 88 valence electrons. The summed E-state index contributed by atoms with van der Waals surface area (Å²) in [5, 5.41) is 0. The van der Waals surface area contributed by atoms with Crippen molar-refractivity contribution in [1.82, 2.24) is 0 Å². The van der Waals surface area contributed by atoms with E-state index < -0.39 is 0 Å². The molecule has 0 fully saturated rings. The molecule has 0 unspecified atom stereocenters. The average Bonchev–Trinajstić information content (AvgIpc) is 2.21. The summed E-state index contributed by atoms with van der Waals surface area (Å²) in [5.41, 5.74) is 9.62. The summed E-state index contributed by atoms with van der Waals surface area (Å²) >= 11 is 0. The molecule has 3 heteroatoms. The Labute approximate surface area is 97.2 Å². The zero-order chi connectivity index (χ0) is 12.3. The van der Waals surface area contributed by atoms with Crippen molar-refractivity contribution < 1.29 is 4.79 Å². The molecule has 3 nitrogen and oxygen atoms in total. The van der Waals surface area contributed by atoms with Gasteiger partial charge in [0.05, 0.1) is 0 Å². The third kappa shape index (κ3) is 2.61. The number of hydrogen-bond acceptors (Lipinski definition) is 3. The molecule has 2 N–H and O–H groups in total. The van der Waals surface area contributed by atoms with E-state index in [4.69, 9.17) is 5.73 Å². The lowest BCUT2D eigenvalue weighted by Gasteiger charge is -2.18. The molecule has 0 aliphatic heterocycles. The van der Waals surface area contributed by atoms with Crippen molar-refractivity contribution in [2.45, 2.75) is 20.3 Å². The van der Waals surface area contributed by atoms with E-state index >= 15 is 0 Å². The van der Waals surface area contributed by atoms with E-state index in [-0.39, 0.29) is 5.78 Å². The Kier molecular flexibility index (Phi) is 4.07. The maximum Gasteiger partial charge on any atom is 0.164 e. The summed E-state index contributed by atoms with van der Waals surface area (Å²) in [5.74, 6) is 0.119. The number of carbonyl (C=O) groups excluding carboxylic acids is 1. The van der Waals surface area contributed by atoms with E-state index in [1.54, 1.807) is 0 Å². The number of carbonyl (C=O) groups is 1. The number of hydrogen-bond donors (Lipinski definition) is 1. The highest BCUT2D eigenvalue weighted by molar-refractivity contribution is 5.97. The van der Waals surface area contributed by atoms with Crippen molar-refractivity contribution >= 4 is 11.5 Å². The molecule has 0 atom stereocenters. The van der Waals surface area contributed by atoms with Gasteiger partial charge in [0.25, 0.3) is 0 Å². The fourth-order valence-corrected chi connectivity index (χ4v) is 1.74. The van der Waals surface area contributed by atoms with Gasteiger partial charge in [-0.05, 0) is 43.7 Å². The lowest BCUT2D eigenvalue weighted by Crippen LogP contribution is -2.14. The Hall–Kier alpha value is -1.35. The molecular weight excluding hydrogens is 200 g/mol. The second-order valence-electron chi connectivity index (χ2n) is 4.29. The third-order valence-electron chi connectivity index (χ3n) is 2.82. The van der Waals surface area contributed by atoms with E-state index in [0.29, 0.717) is 13.0 Å². The van der Waals surface area contributed by atoms with Crippen LogP contribution in [-0.4, -0.2) is 26.4 Å². The first-order valence-corrected chi connectivity index (χ1v) is 5.49. The molecule has 0 bridgehead atoms. The fraction of sp³-hybridized carbons (Fsp3) is 0.462. The molecule has 1 rings (SSSR count). The minimum atomic E-state index is 0.119. The molecule has 16 heavy (non-hydrogen) atoms. The Morgan fingerprint density at radius 3 is 2.44 bits per heavy atom. The van der Waals surface area contributed by atoms with Crippen molar-refractivity contribution in [3.63, 3.8) is 0 Å². The normalized spacial score (nSPS) is 10.3. The number of nitrogens with two attached hydrogens (primary N) is 1. The number of anilines is 1. The Morgan fingerprint density at radius 2 is 1.94 bits per heavy atom. The van der Waals surface area contributed by atoms with Gasteiger partial charge in [0, 0.05) is 31.8 Å². The Balaban J connectivity index is 3.18. The van der Waals surface area contributed by atoms with Crippen LogP contribution in [0.5, 0.6) is 0 Å². The van der Waals surface area contributed by atoms with E-state index in [2.05, 4.69) is 6.92 Å². The van der Waals surface area contributed by atoms with Crippen LogP contribution in [0.25, 0.3) is 0 Å². The molecule has 0 amide bonds. The molecule has 1 aromatic rings. The van der Waals surface area contributed by atoms with E-state index in [1.165, 1.54) is 5.56 Å². The lowest BCUT2D eigenvalue weighted by atomic mass is 9.99. The predicted molar refractivity (Wildman–Crippen MR) is 68.2 cm³/mol. The summed E-state index contributed by atoms with van der Waals surface area (Å²) in [7, 11) is 3.97. The van der Waals surface area contributed by atoms with Crippen LogP contribution in [0.15, 0.2) is 12.1 Å². The first kappa shape index (κ1) is 12.7. The average molecular weight is 220 g/mol. The Bertz CT molecular complexity index is 397. The molecule has 0 radical (unpaired) electrons. The minimum absolute atomic E-state index is 0.119. The molecule has 0 aliphatic rings. The molecule has 0 aliphatic carbocycles. The van der Waals surface area contributed by atoms with Crippen LogP contribution < -0.4 is 10.6 Å². The van der Waals surface area contributed by atoms with E-state index in [0.717, 1.165) is 16.8 Å². The number of Topliss-reactive ketones (excluding diaryl/α,β-unsaturated/α-hetero) is 1. The van der Waals surface area contributed by atoms with Gasteiger partial charge in [0.2, 0.25) is 0 Å². The quantitative estimate of drug-likeness (QED) is 0.788. The van der Waals surface area contributed by atoms with Crippen LogP contribution in [-0.2, 0) is 0 Å². The highest BCUT2D eigenvalue weighted by atomic mass is 16.1. The van der Waals surface area contributed by atoms with Crippen LogP contribution >= 0.6 is 0 Å². The van der Waals surface area contributed by atoms with Gasteiger partial charge in [-0.3, -0.25) is 4.79 Å². The lowest BCUT2D eigenvalue weighted by molar-refractivity contribution is 0.0985. The van der Waals surface area contributed by atoms with E-state index in [1.807, 2.05) is 38.1 Å². The highest BCUT2D eigenvalue weighted by Crippen LogP contribution is 2.24. The van der Waals surface area contributed by atoms with E-state index in [9.17, 15) is 4.79 Å². The second kappa shape index (κ2) is 5.12. The van der Waals surface area contributed by atoms with Gasteiger partial charge in [-0.25, -0.2) is 0 Å². The molecular formula is C13H20N2O. The summed E-state index contributed by atoms with van der Waals surface area (Å²) in [4.78, 5) is 13.8. The smallest absolute Gasteiger partial charge is 0.164 e. The summed E-state index contributed by atoms with van der Waals surface area (Å²) in [6, 6.07) is 3.89. The monoisotopic (exact) mass is 220 g/mol. The van der Waals surface area contributed by atoms with Crippen LogP contribution in [0.4, 0.5) is 5.69 Å². The first-order valence-electron chi connectivity index (χ1n) is 5.49. The molecule has 0 saturated carbocycles. The van der Waals surface area contributed by atoms with Crippen molar-refractivity contribution in [2.75, 3.05) is 25.5 Å². The maximum absolute atomic E-state index is 11.8. The summed E-state index contributed by atoms with van der Waals surface area (Å²) < 4.78 is 0. The fourth-order valence-electron chi connectivity index (χ4n) is 1.74. The third-order valence-corrected chi connectivity index (χ3v) is 2.82. The van der Waals surface area contributed by atoms with Gasteiger partial charge in [-0.2, -0.15) is 0 Å². The van der Waals surface area contributed by atoms with Gasteiger partial charge < -0.3 is 10.6 Å². The maximum atomic E-state index is 11.8. The number of aryl methyl sites for hydroxylation is 1. The van der Waals surface area contributed by atoms with Gasteiger partial charge in [0.15, 0.2) is 5.78 Å². The second-order valence-corrected chi connectivity index (χ2v) is 4.29. The SMILES string of the molecule is Cc1cc(C(=O)CCN)cc(N(C)C)c1C. The summed E-state index contributed by atoms with van der Waals surface area (Å²) in [6.07, 6.45) is 0.412. The highest BCUT2D eigenvalue weighted by Gasteiger charge is 2.10. The van der Waals surface area contributed by atoms with Gasteiger partial charge in [-0.1, -0.05) is 0 Å². The van der Waals surface area contributed by atoms with Crippen molar-refractivity contribution in [2.24, 2.45) is 5.73 Å². The van der Waals surface area contributed by atoms with Gasteiger partial charge in [-0.15, -0.1) is 0 Å².